The van der Waals surface area contributed by atoms with Crippen LogP contribution in [-0.2, 0) is 0 Å². The van der Waals surface area contributed by atoms with Gasteiger partial charge in [0.15, 0.2) is 0 Å². The molecule has 3 aliphatic rings. The van der Waals surface area contributed by atoms with Crippen LogP contribution in [0, 0.1) is 23.2 Å². The molecule has 126 valence electrons. The third-order valence-corrected chi connectivity index (χ3v) is 9.24. The Morgan fingerprint density at radius 2 is 1.46 bits per heavy atom. The van der Waals surface area contributed by atoms with Gasteiger partial charge < -0.3 is 5.11 Å². The first-order chi connectivity index (χ1) is 11.6. The lowest BCUT2D eigenvalue weighted by molar-refractivity contribution is -0.153. The molecule has 0 spiro atoms. The van der Waals surface area contributed by atoms with Crippen molar-refractivity contribution in [3.8, 4) is 0 Å². The summed E-state index contributed by atoms with van der Waals surface area (Å²) < 4.78 is 0. The number of benzene rings is 2. The lowest BCUT2D eigenvalue weighted by Crippen LogP contribution is -2.58. The molecule has 1 N–H and O–H groups in total. The fourth-order valence-corrected chi connectivity index (χ4v) is 7.66. The molecular formula is C22H27OP. The van der Waals surface area contributed by atoms with Crippen molar-refractivity contribution in [1.29, 1.82) is 0 Å². The van der Waals surface area contributed by atoms with Crippen LogP contribution in [0.15, 0.2) is 60.7 Å². The van der Waals surface area contributed by atoms with Crippen molar-refractivity contribution in [3.63, 3.8) is 0 Å². The van der Waals surface area contributed by atoms with E-state index in [1.54, 1.807) is 0 Å². The zero-order chi connectivity index (χ0) is 16.7. The molecule has 4 atom stereocenters. The van der Waals surface area contributed by atoms with Crippen molar-refractivity contribution < 1.29 is 5.11 Å². The zero-order valence-electron chi connectivity index (χ0n) is 14.6. The maximum Gasteiger partial charge on any atom is 0.0577 e. The maximum atomic E-state index is 10.8. The molecule has 1 nitrogen and oxygen atoms in total. The normalized spacial score (nSPS) is 30.8. The molecule has 3 aliphatic carbocycles. The first kappa shape index (κ1) is 16.3. The molecule has 2 heteroatoms. The molecule has 0 aromatic heterocycles. The van der Waals surface area contributed by atoms with Gasteiger partial charge in [0.1, 0.15) is 0 Å². The number of aliphatic hydroxyl groups excluding tert-OH is 1. The molecule has 3 fully saturated rings. The second-order valence-corrected chi connectivity index (χ2v) is 10.4. The second kappa shape index (κ2) is 6.28. The molecule has 2 unspecified atom stereocenters. The molecule has 3 saturated carbocycles. The van der Waals surface area contributed by atoms with Crippen LogP contribution >= 0.6 is 7.92 Å². The average Bonchev–Trinajstić information content (AvgIpc) is 2.61. The molecule has 0 amide bonds. The summed E-state index contributed by atoms with van der Waals surface area (Å²) in [4.78, 5) is 0. The molecule has 0 radical (unpaired) electrons. The van der Waals surface area contributed by atoms with E-state index >= 15 is 0 Å². The van der Waals surface area contributed by atoms with Crippen LogP contribution in [0.5, 0.6) is 0 Å². The minimum Gasteiger partial charge on any atom is -0.393 e. The van der Waals surface area contributed by atoms with Crippen LogP contribution in [0.1, 0.15) is 26.7 Å². The molecule has 2 bridgehead atoms. The maximum absolute atomic E-state index is 10.8. The lowest BCUT2D eigenvalue weighted by Gasteiger charge is -2.62. The summed E-state index contributed by atoms with van der Waals surface area (Å²) in [7, 11) is -0.404. The first-order valence-electron chi connectivity index (χ1n) is 9.13. The number of aliphatic hydroxyl groups is 1. The van der Waals surface area contributed by atoms with Crippen molar-refractivity contribution in [2.45, 2.75) is 32.8 Å². The SMILES string of the molecule is CC1(C)C2CC1[C@H](CP(c1ccccc1)c1ccccc1)[C@H](O)C2. The Morgan fingerprint density at radius 1 is 0.917 bits per heavy atom. The Bertz CT molecular complexity index is 642. The van der Waals surface area contributed by atoms with Gasteiger partial charge >= 0.3 is 0 Å². The van der Waals surface area contributed by atoms with Gasteiger partial charge in [0.05, 0.1) is 6.10 Å². The van der Waals surface area contributed by atoms with E-state index in [1.807, 2.05) is 0 Å². The van der Waals surface area contributed by atoms with Gasteiger partial charge in [0, 0.05) is 0 Å². The summed E-state index contributed by atoms with van der Waals surface area (Å²) >= 11 is 0. The average molecular weight is 338 g/mol. The number of hydrogen-bond acceptors (Lipinski definition) is 1. The van der Waals surface area contributed by atoms with Crippen molar-refractivity contribution in [2.24, 2.45) is 23.2 Å². The highest BCUT2D eigenvalue weighted by atomic mass is 31.1. The van der Waals surface area contributed by atoms with Gasteiger partial charge in [-0.2, -0.15) is 0 Å². The van der Waals surface area contributed by atoms with E-state index in [0.29, 0.717) is 17.3 Å². The van der Waals surface area contributed by atoms with E-state index in [2.05, 4.69) is 74.5 Å². The first-order valence-corrected chi connectivity index (χ1v) is 10.7. The standard InChI is InChI=1S/C22H27OP/c1-22(2)16-13-20(22)19(21(23)14-16)15-24(17-9-5-3-6-10-17)18-11-7-4-8-12-18/h3-12,16,19-21,23H,13-15H2,1-2H3/t16?,19-,20?,21+/m0/s1. The van der Waals surface area contributed by atoms with Gasteiger partial charge in [0.25, 0.3) is 0 Å². The fraction of sp³-hybridized carbons (Fsp3) is 0.455. The molecule has 0 heterocycles. The summed E-state index contributed by atoms with van der Waals surface area (Å²) in [6.07, 6.45) is 3.33. The number of fused-ring (bicyclic) bond motifs is 2. The molecular weight excluding hydrogens is 311 g/mol. The van der Waals surface area contributed by atoms with E-state index in [9.17, 15) is 5.11 Å². The van der Waals surface area contributed by atoms with Crippen molar-refractivity contribution in [1.82, 2.24) is 0 Å². The predicted molar refractivity (Wildman–Crippen MR) is 103 cm³/mol. The molecule has 24 heavy (non-hydrogen) atoms. The molecule has 5 rings (SSSR count). The fourth-order valence-electron chi connectivity index (χ4n) is 4.95. The topological polar surface area (TPSA) is 20.2 Å². The van der Waals surface area contributed by atoms with Crippen LogP contribution in [0.2, 0.25) is 0 Å². The summed E-state index contributed by atoms with van der Waals surface area (Å²) in [6, 6.07) is 21.8. The lowest BCUT2D eigenvalue weighted by atomic mass is 9.45. The van der Waals surface area contributed by atoms with E-state index in [1.165, 1.54) is 17.0 Å². The largest absolute Gasteiger partial charge is 0.393 e. The van der Waals surface area contributed by atoms with Crippen LogP contribution in [0.3, 0.4) is 0 Å². The summed E-state index contributed by atoms with van der Waals surface area (Å²) in [5.41, 5.74) is 0.415. The van der Waals surface area contributed by atoms with E-state index in [0.717, 1.165) is 18.5 Å². The van der Waals surface area contributed by atoms with Crippen molar-refractivity contribution in [3.05, 3.63) is 60.7 Å². The Labute approximate surface area is 146 Å². The monoisotopic (exact) mass is 338 g/mol. The van der Waals surface area contributed by atoms with Gasteiger partial charge in [0.2, 0.25) is 0 Å². The smallest absolute Gasteiger partial charge is 0.0577 e. The van der Waals surface area contributed by atoms with Crippen molar-refractivity contribution in [2.75, 3.05) is 6.16 Å². The Morgan fingerprint density at radius 3 is 1.96 bits per heavy atom. The molecule has 0 aliphatic heterocycles. The van der Waals surface area contributed by atoms with Crippen LogP contribution in [0.4, 0.5) is 0 Å². The van der Waals surface area contributed by atoms with Gasteiger partial charge in [-0.3, -0.25) is 0 Å². The van der Waals surface area contributed by atoms with Gasteiger partial charge in [-0.25, -0.2) is 0 Å². The van der Waals surface area contributed by atoms with E-state index in [-0.39, 0.29) is 6.10 Å². The highest BCUT2D eigenvalue weighted by Gasteiger charge is 2.57. The third-order valence-electron chi connectivity index (χ3n) is 6.61. The second-order valence-electron chi connectivity index (χ2n) is 8.11. The van der Waals surface area contributed by atoms with Gasteiger partial charge in [-0.05, 0) is 60.7 Å². The van der Waals surface area contributed by atoms with Crippen LogP contribution in [0.25, 0.3) is 0 Å². The molecule has 0 saturated heterocycles. The summed E-state index contributed by atoms with van der Waals surface area (Å²) in [5.74, 6) is 1.86. The molecule has 2 aromatic rings. The van der Waals surface area contributed by atoms with Gasteiger partial charge in [-0.1, -0.05) is 74.5 Å². The third kappa shape index (κ3) is 2.72. The number of rotatable bonds is 4. The summed E-state index contributed by atoms with van der Waals surface area (Å²) in [5, 5.41) is 13.6. The minimum absolute atomic E-state index is 0.112. The quantitative estimate of drug-likeness (QED) is 0.830. The minimum atomic E-state index is -0.404. The van der Waals surface area contributed by atoms with E-state index in [4.69, 9.17) is 0 Å². The number of hydrogen-bond donors (Lipinski definition) is 1. The van der Waals surface area contributed by atoms with Crippen molar-refractivity contribution >= 4 is 18.5 Å². The Balaban J connectivity index is 1.65. The highest BCUT2D eigenvalue weighted by Crippen LogP contribution is 2.62. The predicted octanol–water partition coefficient (Wildman–Crippen LogP) is 4.16. The van der Waals surface area contributed by atoms with Gasteiger partial charge in [-0.15, -0.1) is 0 Å². The van der Waals surface area contributed by atoms with Crippen LogP contribution < -0.4 is 10.6 Å². The highest BCUT2D eigenvalue weighted by molar-refractivity contribution is 7.73. The zero-order valence-corrected chi connectivity index (χ0v) is 15.5. The van der Waals surface area contributed by atoms with E-state index < -0.39 is 7.92 Å². The Hall–Kier alpha value is -1.17. The van der Waals surface area contributed by atoms with Crippen LogP contribution in [-0.4, -0.2) is 17.4 Å². The molecule has 2 aromatic carbocycles. The summed E-state index contributed by atoms with van der Waals surface area (Å²) in [6.45, 7) is 4.83. The Kier molecular flexibility index (Phi) is 4.27.